The van der Waals surface area contributed by atoms with Crippen LogP contribution in [0.5, 0.6) is 0 Å². The second-order valence-corrected chi connectivity index (χ2v) is 17.7. The monoisotopic (exact) mass is 925 g/mol. The molecular formula is C59H43FeN5OS-2. The predicted molar refractivity (Wildman–Crippen MR) is 274 cm³/mol. The van der Waals surface area contributed by atoms with E-state index in [9.17, 15) is 0 Å². The molecule has 0 amide bonds. The molecule has 6 aromatic carbocycles. The summed E-state index contributed by atoms with van der Waals surface area (Å²) in [4.78, 5) is 10.9. The first kappa shape index (κ1) is 43.2. The van der Waals surface area contributed by atoms with Crippen LogP contribution in [0.2, 0.25) is 0 Å². The average molecular weight is 926 g/mol. The quantitative estimate of drug-likeness (QED) is 0.123. The van der Waals surface area contributed by atoms with E-state index in [2.05, 4.69) is 177 Å². The fourth-order valence-corrected chi connectivity index (χ4v) is 9.65. The number of nitrogens with zero attached hydrogens (tertiary/aromatic N) is 5. The third-order valence-corrected chi connectivity index (χ3v) is 13.1. The molecule has 0 atom stereocenters. The smallest absolute Gasteiger partial charge is 0.137 e. The molecule has 0 unspecified atom stereocenters. The summed E-state index contributed by atoms with van der Waals surface area (Å²) in [6.45, 7) is 6.34. The van der Waals surface area contributed by atoms with Crippen molar-refractivity contribution >= 4 is 56.2 Å². The van der Waals surface area contributed by atoms with Gasteiger partial charge in [-0.25, -0.2) is 26.8 Å². The zero-order valence-corrected chi connectivity index (χ0v) is 39.0. The standard InChI is InChI=1S/C54H38N5OS.C5H5.Fe/c1-33-8-14-37(15-9-33)51-42-24-26-44(55-42)53(39-18-12-35(3)13-19-39)49-30-31-50(61-49)54(40-20-22-41(23-21-40)59-32-46(57-58-59)36-6-4-5-7-36)45-27-25-43(56-45)52(48-29-28-47(51)60-48)38-16-10-34(2)11-17-38;1-2-4-5-3-1;/h4-32H,1-3H3;1-5H;/q2*-1;. The second-order valence-electron chi connectivity index (χ2n) is 16.6. The van der Waals surface area contributed by atoms with Crippen molar-refractivity contribution in [2.24, 2.45) is 0 Å². The Bertz CT molecular complexity index is 3510. The third-order valence-electron chi connectivity index (χ3n) is 12.0. The van der Waals surface area contributed by atoms with Crippen molar-refractivity contribution in [2.75, 3.05) is 0 Å². The van der Waals surface area contributed by atoms with Crippen LogP contribution in [0, 0.1) is 20.8 Å². The van der Waals surface area contributed by atoms with Crippen LogP contribution in [0.1, 0.15) is 39.5 Å². The maximum atomic E-state index is 6.98. The first-order valence-electron chi connectivity index (χ1n) is 22.0. The zero-order valence-electron chi connectivity index (χ0n) is 37.0. The number of thiophene rings is 1. The summed E-state index contributed by atoms with van der Waals surface area (Å²) in [7, 11) is 0. The summed E-state index contributed by atoms with van der Waals surface area (Å²) < 4.78 is 11.0. The van der Waals surface area contributed by atoms with E-state index in [1.54, 1.807) is 11.3 Å². The minimum Gasteiger partial charge on any atom is -0.456 e. The number of fused-ring (bicyclic) bond motifs is 8. The number of hydrogen-bond acceptors (Lipinski definition) is 6. The average Bonchev–Trinajstić information content (AvgIpc) is 4.19. The van der Waals surface area contributed by atoms with Gasteiger partial charge in [0, 0.05) is 49.5 Å². The molecule has 10 aromatic rings. The predicted octanol–water partition coefficient (Wildman–Crippen LogP) is 15.6. The topological polar surface area (TPSA) is 69.6 Å². The fraction of sp³-hybridized carbons (Fsp3) is 0.0508. The summed E-state index contributed by atoms with van der Waals surface area (Å²) in [5.74, 6) is 0. The van der Waals surface area contributed by atoms with Crippen LogP contribution < -0.4 is 0 Å². The fourth-order valence-electron chi connectivity index (χ4n) is 8.49. The van der Waals surface area contributed by atoms with E-state index < -0.39 is 0 Å². The van der Waals surface area contributed by atoms with Crippen LogP contribution in [0.25, 0.3) is 106 Å². The number of benzene rings is 4. The van der Waals surface area contributed by atoms with Gasteiger partial charge in [0.25, 0.3) is 0 Å². The van der Waals surface area contributed by atoms with Crippen LogP contribution in [0.15, 0.2) is 187 Å². The van der Waals surface area contributed by atoms with Gasteiger partial charge in [0.2, 0.25) is 0 Å². The second kappa shape index (κ2) is 18.6. The Morgan fingerprint density at radius 3 is 1.36 bits per heavy atom. The molecule has 0 aliphatic carbocycles. The summed E-state index contributed by atoms with van der Waals surface area (Å²) in [6.07, 6.45) is 10.5. The molecule has 12 rings (SSSR count). The van der Waals surface area contributed by atoms with Crippen molar-refractivity contribution in [3.63, 3.8) is 0 Å². The number of furan rings is 1. The molecule has 326 valence electrons. The third kappa shape index (κ3) is 8.74. The van der Waals surface area contributed by atoms with E-state index in [0.717, 1.165) is 105 Å². The number of hydrogen-bond donors (Lipinski definition) is 0. The van der Waals surface area contributed by atoms with E-state index in [4.69, 9.17) is 14.4 Å². The minimum absolute atomic E-state index is 0. The summed E-state index contributed by atoms with van der Waals surface area (Å²) in [5.41, 5.74) is 19.5. The molecule has 2 aliphatic heterocycles. The molecule has 8 heteroatoms. The Morgan fingerprint density at radius 2 is 0.925 bits per heavy atom. The maximum absolute atomic E-state index is 6.98. The Balaban J connectivity index is 0.000000823. The number of aromatic nitrogens is 5. The van der Waals surface area contributed by atoms with Gasteiger partial charge in [-0.3, -0.25) is 0 Å². The van der Waals surface area contributed by atoms with Gasteiger partial charge >= 0.3 is 0 Å². The van der Waals surface area contributed by atoms with E-state index >= 15 is 0 Å². The molecule has 0 spiro atoms. The van der Waals surface area contributed by atoms with Crippen LogP contribution in [0.3, 0.4) is 0 Å². The molecule has 0 saturated carbocycles. The van der Waals surface area contributed by atoms with Crippen LogP contribution >= 0.6 is 11.3 Å². The van der Waals surface area contributed by atoms with Crippen LogP contribution in [-0.2, 0) is 17.1 Å². The van der Waals surface area contributed by atoms with Crippen molar-refractivity contribution in [2.45, 2.75) is 20.8 Å². The largest absolute Gasteiger partial charge is 0.456 e. The van der Waals surface area contributed by atoms with Crippen molar-refractivity contribution in [3.05, 3.63) is 222 Å². The van der Waals surface area contributed by atoms with Gasteiger partial charge in [-0.1, -0.05) is 107 Å². The maximum Gasteiger partial charge on any atom is 0.137 e. The van der Waals surface area contributed by atoms with Crippen molar-refractivity contribution in [1.82, 2.24) is 25.0 Å². The van der Waals surface area contributed by atoms with Crippen molar-refractivity contribution in [3.8, 4) is 61.5 Å². The summed E-state index contributed by atoms with van der Waals surface area (Å²) >= 11 is 1.76. The van der Waals surface area contributed by atoms with E-state index in [1.165, 1.54) is 16.7 Å². The van der Waals surface area contributed by atoms with Crippen molar-refractivity contribution < 1.29 is 21.5 Å². The molecular weight excluding hydrogens is 883 g/mol. The Kier molecular flexibility index (Phi) is 12.0. The molecule has 4 aromatic heterocycles. The van der Waals surface area contributed by atoms with Crippen molar-refractivity contribution in [1.29, 1.82) is 0 Å². The number of aryl methyl sites for hydroxylation is 3. The number of rotatable bonds is 6. The minimum atomic E-state index is 0. The zero-order chi connectivity index (χ0) is 44.6. The van der Waals surface area contributed by atoms with E-state index in [0.29, 0.717) is 0 Å². The summed E-state index contributed by atoms with van der Waals surface area (Å²) in [5, 5.41) is 8.90. The molecule has 0 radical (unpaired) electrons. The van der Waals surface area contributed by atoms with Gasteiger partial charge in [-0.2, -0.15) is 41.5 Å². The summed E-state index contributed by atoms with van der Waals surface area (Å²) in [6, 6.07) is 61.1. The molecule has 6 heterocycles. The molecule has 8 bridgehead atoms. The molecule has 67 heavy (non-hydrogen) atoms. The molecule has 0 saturated heterocycles. The normalized spacial score (nSPS) is 11.6. The Labute approximate surface area is 404 Å². The Morgan fingerprint density at radius 1 is 0.478 bits per heavy atom. The van der Waals surface area contributed by atoms with Gasteiger partial charge < -0.3 is 4.42 Å². The van der Waals surface area contributed by atoms with E-state index in [-0.39, 0.29) is 17.1 Å². The molecule has 0 fully saturated rings. The van der Waals surface area contributed by atoms with Crippen LogP contribution in [0.4, 0.5) is 0 Å². The van der Waals surface area contributed by atoms with Crippen LogP contribution in [-0.4, -0.2) is 25.0 Å². The molecule has 2 aliphatic rings. The molecule has 0 N–H and O–H groups in total. The van der Waals surface area contributed by atoms with Gasteiger partial charge in [0.15, 0.2) is 0 Å². The Hall–Kier alpha value is -7.74. The van der Waals surface area contributed by atoms with Gasteiger partial charge in [0.1, 0.15) is 11.2 Å². The van der Waals surface area contributed by atoms with Gasteiger partial charge in [-0.05, 0) is 104 Å². The molecule has 6 nitrogen and oxygen atoms in total. The first-order chi connectivity index (χ1) is 32.4. The van der Waals surface area contributed by atoms with Gasteiger partial charge in [-0.15, -0.1) is 23.0 Å². The van der Waals surface area contributed by atoms with Gasteiger partial charge in [0.05, 0.1) is 39.6 Å². The SMILES string of the molecule is Cc1ccc(-c2c3nc(c(-c4ccc(C)cc4)c4ccc(s4)c(-c4ccc(-n5cc(-c6ccc[cH-]6)nn5)cc4)c4nc(c(-c5ccc(C)cc5)c5ccc2o5)C=C4)C=C3)cc1.[Fe].c1cc[cH-]c1. The van der Waals surface area contributed by atoms with E-state index in [1.807, 2.05) is 65.5 Å². The first-order valence-corrected chi connectivity index (χ1v) is 22.8.